The first kappa shape index (κ1) is 7.72. The van der Waals surface area contributed by atoms with E-state index in [1.165, 1.54) is 6.07 Å². The van der Waals surface area contributed by atoms with Gasteiger partial charge in [-0.05, 0) is 6.92 Å². The minimum absolute atomic E-state index is 0.0244. The van der Waals surface area contributed by atoms with E-state index in [2.05, 4.69) is 20.2 Å². The first-order valence-electron chi connectivity index (χ1n) is 3.79. The average molecular weight is 176 g/mol. The molecule has 2 aromatic rings. The first-order chi connectivity index (χ1) is 6.25. The van der Waals surface area contributed by atoms with E-state index in [0.29, 0.717) is 11.5 Å². The molecule has 0 amide bonds. The molecule has 0 atom stereocenters. The highest BCUT2D eigenvalue weighted by molar-refractivity contribution is 5.57. The van der Waals surface area contributed by atoms with Crippen LogP contribution in [0, 0.1) is 6.92 Å². The summed E-state index contributed by atoms with van der Waals surface area (Å²) < 4.78 is 0. The van der Waals surface area contributed by atoms with E-state index in [1.54, 1.807) is 19.3 Å². The zero-order valence-electron chi connectivity index (χ0n) is 7.02. The van der Waals surface area contributed by atoms with Gasteiger partial charge < -0.3 is 5.11 Å². The van der Waals surface area contributed by atoms with Gasteiger partial charge in [-0.1, -0.05) is 0 Å². The van der Waals surface area contributed by atoms with Crippen LogP contribution in [0.25, 0.3) is 11.3 Å². The molecule has 0 aliphatic rings. The molecule has 0 unspecified atom stereocenters. The fourth-order valence-corrected chi connectivity index (χ4v) is 1.09. The Morgan fingerprint density at radius 2 is 2.23 bits per heavy atom. The van der Waals surface area contributed by atoms with Crippen LogP contribution in [-0.4, -0.2) is 25.3 Å². The molecular formula is C8H8N4O. The summed E-state index contributed by atoms with van der Waals surface area (Å²) >= 11 is 0. The van der Waals surface area contributed by atoms with Gasteiger partial charge in [0.05, 0.1) is 11.9 Å². The molecule has 0 aromatic carbocycles. The second-order valence-electron chi connectivity index (χ2n) is 2.65. The van der Waals surface area contributed by atoms with Crippen molar-refractivity contribution in [2.45, 2.75) is 6.92 Å². The number of aryl methyl sites for hydroxylation is 1. The number of aromatic hydroxyl groups is 1. The van der Waals surface area contributed by atoms with Crippen molar-refractivity contribution in [1.29, 1.82) is 0 Å². The number of hydrogen-bond donors (Lipinski definition) is 2. The van der Waals surface area contributed by atoms with Crippen LogP contribution in [0.5, 0.6) is 5.88 Å². The van der Waals surface area contributed by atoms with Gasteiger partial charge in [0.15, 0.2) is 0 Å². The molecule has 0 radical (unpaired) electrons. The van der Waals surface area contributed by atoms with Crippen LogP contribution in [0.1, 0.15) is 5.82 Å². The molecular weight excluding hydrogens is 168 g/mol. The maximum atomic E-state index is 9.21. The average Bonchev–Trinajstić information content (AvgIpc) is 2.53. The first-order valence-corrected chi connectivity index (χ1v) is 3.79. The highest BCUT2D eigenvalue weighted by Crippen LogP contribution is 2.18. The number of aromatic amines is 1. The Labute approximate surface area is 74.5 Å². The van der Waals surface area contributed by atoms with E-state index in [1.807, 2.05) is 0 Å². The number of nitrogens with one attached hydrogen (secondary N) is 1. The summed E-state index contributed by atoms with van der Waals surface area (Å²) in [5.41, 5.74) is 1.50. The van der Waals surface area contributed by atoms with Crippen LogP contribution in [0.2, 0.25) is 0 Å². The van der Waals surface area contributed by atoms with Crippen LogP contribution in [0.4, 0.5) is 0 Å². The normalized spacial score (nSPS) is 10.2. The van der Waals surface area contributed by atoms with E-state index in [-0.39, 0.29) is 5.88 Å². The lowest BCUT2D eigenvalue weighted by Crippen LogP contribution is -1.89. The standard InChI is InChI=1S/C8H8N4O/c1-5-11-7(2-8(13)12-5)6-3-9-10-4-6/h2-4H,1H3,(H,9,10)(H,11,12,13). The van der Waals surface area contributed by atoms with Crippen molar-refractivity contribution in [2.24, 2.45) is 0 Å². The molecule has 0 aliphatic heterocycles. The predicted octanol–water partition coefficient (Wildman–Crippen LogP) is 0.881. The van der Waals surface area contributed by atoms with Crippen LogP contribution in [-0.2, 0) is 0 Å². The molecule has 0 aliphatic carbocycles. The third kappa shape index (κ3) is 1.48. The molecule has 13 heavy (non-hydrogen) atoms. The predicted molar refractivity (Wildman–Crippen MR) is 46.0 cm³/mol. The molecule has 66 valence electrons. The van der Waals surface area contributed by atoms with Crippen LogP contribution < -0.4 is 0 Å². The maximum absolute atomic E-state index is 9.21. The molecule has 0 fully saturated rings. The summed E-state index contributed by atoms with van der Waals surface area (Å²) in [5, 5.41) is 15.7. The summed E-state index contributed by atoms with van der Waals surface area (Å²) in [6, 6.07) is 1.50. The van der Waals surface area contributed by atoms with Gasteiger partial charge in [0.25, 0.3) is 0 Å². The number of aromatic nitrogens is 4. The van der Waals surface area contributed by atoms with Gasteiger partial charge in [-0.2, -0.15) is 10.1 Å². The van der Waals surface area contributed by atoms with Crippen molar-refractivity contribution in [3.05, 3.63) is 24.3 Å². The topological polar surface area (TPSA) is 74.7 Å². The minimum atomic E-state index is -0.0244. The quantitative estimate of drug-likeness (QED) is 0.676. The minimum Gasteiger partial charge on any atom is -0.493 e. The van der Waals surface area contributed by atoms with Crippen LogP contribution in [0.15, 0.2) is 18.5 Å². The van der Waals surface area contributed by atoms with Crippen molar-refractivity contribution in [3.63, 3.8) is 0 Å². The maximum Gasteiger partial charge on any atom is 0.214 e. The summed E-state index contributed by atoms with van der Waals surface area (Å²) in [7, 11) is 0. The highest BCUT2D eigenvalue weighted by atomic mass is 16.3. The largest absolute Gasteiger partial charge is 0.493 e. The Hall–Kier alpha value is -1.91. The lowest BCUT2D eigenvalue weighted by Gasteiger charge is -1.98. The Kier molecular flexibility index (Phi) is 1.70. The summed E-state index contributed by atoms with van der Waals surface area (Å²) in [6.07, 6.45) is 3.35. The lowest BCUT2D eigenvalue weighted by atomic mass is 10.2. The molecule has 2 heterocycles. The molecule has 5 heteroatoms. The van der Waals surface area contributed by atoms with Crippen molar-refractivity contribution >= 4 is 0 Å². The van der Waals surface area contributed by atoms with E-state index < -0.39 is 0 Å². The molecule has 2 rings (SSSR count). The summed E-state index contributed by atoms with van der Waals surface area (Å²) in [6.45, 7) is 1.73. The van der Waals surface area contributed by atoms with Gasteiger partial charge in [0.1, 0.15) is 5.82 Å². The van der Waals surface area contributed by atoms with E-state index >= 15 is 0 Å². The van der Waals surface area contributed by atoms with Gasteiger partial charge >= 0.3 is 0 Å². The molecule has 0 saturated heterocycles. The fraction of sp³-hybridized carbons (Fsp3) is 0.125. The van der Waals surface area contributed by atoms with Crippen molar-refractivity contribution < 1.29 is 5.11 Å². The second kappa shape index (κ2) is 2.85. The number of hydrogen-bond acceptors (Lipinski definition) is 4. The number of nitrogens with zero attached hydrogens (tertiary/aromatic N) is 3. The SMILES string of the molecule is Cc1nc(O)cc(-c2cn[nH]c2)n1. The summed E-state index contributed by atoms with van der Waals surface area (Å²) in [4.78, 5) is 7.90. The monoisotopic (exact) mass is 176 g/mol. The third-order valence-corrected chi connectivity index (χ3v) is 1.62. The Morgan fingerprint density at radius 1 is 1.38 bits per heavy atom. The summed E-state index contributed by atoms with van der Waals surface area (Å²) in [5.74, 6) is 0.514. The lowest BCUT2D eigenvalue weighted by molar-refractivity contribution is 0.450. The molecule has 2 aromatic heterocycles. The molecule has 2 N–H and O–H groups in total. The smallest absolute Gasteiger partial charge is 0.214 e. The second-order valence-corrected chi connectivity index (χ2v) is 2.65. The molecule has 5 nitrogen and oxygen atoms in total. The zero-order valence-corrected chi connectivity index (χ0v) is 7.02. The number of rotatable bonds is 1. The third-order valence-electron chi connectivity index (χ3n) is 1.62. The zero-order chi connectivity index (χ0) is 9.26. The molecule has 0 bridgehead atoms. The van der Waals surface area contributed by atoms with Gasteiger partial charge in [-0.15, -0.1) is 0 Å². The van der Waals surface area contributed by atoms with E-state index in [0.717, 1.165) is 5.56 Å². The Balaban J connectivity index is 2.53. The van der Waals surface area contributed by atoms with Crippen molar-refractivity contribution in [1.82, 2.24) is 20.2 Å². The highest BCUT2D eigenvalue weighted by Gasteiger charge is 2.03. The Morgan fingerprint density at radius 3 is 2.85 bits per heavy atom. The van der Waals surface area contributed by atoms with Gasteiger partial charge in [-0.25, -0.2) is 4.98 Å². The number of H-pyrrole nitrogens is 1. The van der Waals surface area contributed by atoms with E-state index in [4.69, 9.17) is 0 Å². The van der Waals surface area contributed by atoms with Crippen molar-refractivity contribution in [3.8, 4) is 17.1 Å². The van der Waals surface area contributed by atoms with E-state index in [9.17, 15) is 5.11 Å². The van der Waals surface area contributed by atoms with Gasteiger partial charge in [0.2, 0.25) is 5.88 Å². The Bertz CT molecular complexity index is 390. The van der Waals surface area contributed by atoms with Crippen LogP contribution in [0.3, 0.4) is 0 Å². The van der Waals surface area contributed by atoms with Crippen molar-refractivity contribution in [2.75, 3.05) is 0 Å². The molecule has 0 spiro atoms. The fourth-order valence-electron chi connectivity index (χ4n) is 1.09. The van der Waals surface area contributed by atoms with Crippen LogP contribution >= 0.6 is 0 Å². The molecule has 0 saturated carbocycles. The van der Waals surface area contributed by atoms with Gasteiger partial charge in [0, 0.05) is 17.8 Å². The van der Waals surface area contributed by atoms with Gasteiger partial charge in [-0.3, -0.25) is 5.10 Å².